The molecule has 150 valence electrons. The quantitative estimate of drug-likeness (QED) is 0.247. The van der Waals surface area contributed by atoms with Crippen molar-refractivity contribution in [2.75, 3.05) is 13.2 Å². The van der Waals surface area contributed by atoms with Crippen molar-refractivity contribution in [2.45, 2.75) is 52.2 Å². The predicted molar refractivity (Wildman–Crippen MR) is 93.9 cm³/mol. The van der Waals surface area contributed by atoms with E-state index in [0.717, 1.165) is 0 Å². The van der Waals surface area contributed by atoms with Crippen LogP contribution in [0, 0.1) is 11.8 Å². The van der Waals surface area contributed by atoms with Gasteiger partial charge in [0.15, 0.2) is 0 Å². The van der Waals surface area contributed by atoms with E-state index in [1.54, 1.807) is 13.8 Å². The molecule has 0 fully saturated rings. The SMILES string of the molecule is CC(C)CC(NC(=O)C(CO)NC(=O)C(N)C(C)C)C(=O)NCC(=O)O. The molecule has 0 aromatic rings. The van der Waals surface area contributed by atoms with Gasteiger partial charge < -0.3 is 31.9 Å². The van der Waals surface area contributed by atoms with Gasteiger partial charge in [0.05, 0.1) is 12.6 Å². The standard InChI is InChI=1S/C16H30N4O6/c1-8(2)5-10(14(24)18-6-12(22)23)19-15(25)11(7-21)20-16(26)13(17)9(3)4/h8-11,13,21H,5-7,17H2,1-4H3,(H,18,24)(H,19,25)(H,20,26)(H,22,23). The number of aliphatic hydroxyl groups is 1. The molecule has 0 aromatic heterocycles. The summed E-state index contributed by atoms with van der Waals surface area (Å²) in [4.78, 5) is 46.9. The highest BCUT2D eigenvalue weighted by molar-refractivity contribution is 5.93. The molecule has 3 amide bonds. The molecule has 0 aliphatic rings. The Labute approximate surface area is 152 Å². The fraction of sp³-hybridized carbons (Fsp3) is 0.750. The summed E-state index contributed by atoms with van der Waals surface area (Å²) in [7, 11) is 0. The van der Waals surface area contributed by atoms with E-state index in [9.17, 15) is 24.3 Å². The second-order valence-electron chi connectivity index (χ2n) is 6.82. The maximum absolute atomic E-state index is 12.3. The second-order valence-corrected chi connectivity index (χ2v) is 6.82. The average Bonchev–Trinajstić information content (AvgIpc) is 2.54. The van der Waals surface area contributed by atoms with Gasteiger partial charge in [-0.15, -0.1) is 0 Å². The molecule has 0 bridgehead atoms. The molecule has 10 nitrogen and oxygen atoms in total. The van der Waals surface area contributed by atoms with Crippen molar-refractivity contribution in [3.63, 3.8) is 0 Å². The van der Waals surface area contributed by atoms with Crippen molar-refractivity contribution in [3.8, 4) is 0 Å². The zero-order chi connectivity index (χ0) is 20.4. The molecule has 0 saturated carbocycles. The van der Waals surface area contributed by atoms with E-state index in [0.29, 0.717) is 0 Å². The number of carboxylic acids is 1. The van der Waals surface area contributed by atoms with Crippen LogP contribution in [0.5, 0.6) is 0 Å². The zero-order valence-electron chi connectivity index (χ0n) is 15.6. The third-order valence-electron chi connectivity index (χ3n) is 3.59. The lowest BCUT2D eigenvalue weighted by Gasteiger charge is -2.24. The van der Waals surface area contributed by atoms with Crippen LogP contribution in [-0.4, -0.2) is 65.2 Å². The summed E-state index contributed by atoms with van der Waals surface area (Å²) in [5, 5.41) is 25.0. The smallest absolute Gasteiger partial charge is 0.322 e. The Bertz CT molecular complexity index is 509. The maximum atomic E-state index is 12.3. The number of nitrogens with one attached hydrogen (secondary N) is 3. The number of hydrogen-bond donors (Lipinski definition) is 6. The molecule has 0 heterocycles. The van der Waals surface area contributed by atoms with Crippen LogP contribution >= 0.6 is 0 Å². The number of carbonyl (C=O) groups excluding carboxylic acids is 3. The molecule has 0 aliphatic carbocycles. The fourth-order valence-corrected chi connectivity index (χ4v) is 2.03. The fourth-order valence-electron chi connectivity index (χ4n) is 2.03. The van der Waals surface area contributed by atoms with Gasteiger partial charge in [0.1, 0.15) is 18.6 Å². The monoisotopic (exact) mass is 374 g/mol. The van der Waals surface area contributed by atoms with Crippen LogP contribution in [0.15, 0.2) is 0 Å². The first-order valence-electron chi connectivity index (χ1n) is 8.46. The molecule has 10 heteroatoms. The van der Waals surface area contributed by atoms with Crippen LogP contribution in [0.1, 0.15) is 34.1 Å². The van der Waals surface area contributed by atoms with E-state index in [4.69, 9.17) is 10.8 Å². The zero-order valence-corrected chi connectivity index (χ0v) is 15.6. The number of aliphatic carboxylic acids is 1. The highest BCUT2D eigenvalue weighted by atomic mass is 16.4. The number of rotatable bonds is 11. The molecular formula is C16H30N4O6. The minimum Gasteiger partial charge on any atom is -0.480 e. The van der Waals surface area contributed by atoms with Gasteiger partial charge in [0.25, 0.3) is 0 Å². The van der Waals surface area contributed by atoms with Gasteiger partial charge >= 0.3 is 5.97 Å². The Morgan fingerprint density at radius 3 is 1.88 bits per heavy atom. The van der Waals surface area contributed by atoms with Gasteiger partial charge in [-0.3, -0.25) is 19.2 Å². The van der Waals surface area contributed by atoms with Gasteiger partial charge in [-0.1, -0.05) is 27.7 Å². The van der Waals surface area contributed by atoms with Crippen molar-refractivity contribution >= 4 is 23.7 Å². The first kappa shape index (κ1) is 23.8. The van der Waals surface area contributed by atoms with Crippen LogP contribution < -0.4 is 21.7 Å². The van der Waals surface area contributed by atoms with Crippen molar-refractivity contribution in [1.29, 1.82) is 0 Å². The predicted octanol–water partition coefficient (Wildman–Crippen LogP) is -1.82. The van der Waals surface area contributed by atoms with Gasteiger partial charge in [-0.2, -0.15) is 0 Å². The van der Waals surface area contributed by atoms with E-state index in [2.05, 4.69) is 16.0 Å². The van der Waals surface area contributed by atoms with Crippen LogP contribution in [0.4, 0.5) is 0 Å². The summed E-state index contributed by atoms with van der Waals surface area (Å²) in [6.07, 6.45) is 0.259. The molecule has 3 atom stereocenters. The molecular weight excluding hydrogens is 344 g/mol. The van der Waals surface area contributed by atoms with Crippen molar-refractivity contribution in [3.05, 3.63) is 0 Å². The van der Waals surface area contributed by atoms with Crippen molar-refractivity contribution in [1.82, 2.24) is 16.0 Å². The number of carboxylic acid groups (broad SMARTS) is 1. The topological polar surface area (TPSA) is 171 Å². The van der Waals surface area contributed by atoms with Crippen molar-refractivity contribution in [2.24, 2.45) is 17.6 Å². The molecule has 0 spiro atoms. The minimum absolute atomic E-state index is 0.0346. The lowest BCUT2D eigenvalue weighted by molar-refractivity contribution is -0.138. The molecule has 0 saturated heterocycles. The van der Waals surface area contributed by atoms with E-state index in [-0.39, 0.29) is 18.3 Å². The van der Waals surface area contributed by atoms with Gasteiger partial charge in [0, 0.05) is 0 Å². The summed E-state index contributed by atoms with van der Waals surface area (Å²) in [5.74, 6) is -3.34. The molecule has 0 aromatic carbocycles. The Kier molecular flexibility index (Phi) is 10.5. The van der Waals surface area contributed by atoms with Gasteiger partial charge in [-0.25, -0.2) is 0 Å². The summed E-state index contributed by atoms with van der Waals surface area (Å²) in [6, 6.07) is -3.11. The molecule has 7 N–H and O–H groups in total. The summed E-state index contributed by atoms with van der Waals surface area (Å²) >= 11 is 0. The third kappa shape index (κ3) is 8.77. The highest BCUT2D eigenvalue weighted by Gasteiger charge is 2.28. The Hall–Kier alpha value is -2.20. The highest BCUT2D eigenvalue weighted by Crippen LogP contribution is 2.06. The average molecular weight is 374 g/mol. The van der Waals surface area contributed by atoms with E-state index in [1.165, 1.54) is 0 Å². The molecule has 0 aliphatic heterocycles. The summed E-state index contributed by atoms with van der Waals surface area (Å²) in [6.45, 7) is 5.89. The molecule has 26 heavy (non-hydrogen) atoms. The van der Waals surface area contributed by atoms with Crippen LogP contribution in [0.3, 0.4) is 0 Å². The van der Waals surface area contributed by atoms with Crippen LogP contribution in [0.2, 0.25) is 0 Å². The first-order valence-corrected chi connectivity index (χ1v) is 8.46. The Morgan fingerprint density at radius 2 is 1.46 bits per heavy atom. The molecule has 0 rings (SSSR count). The minimum atomic E-state index is -1.27. The Morgan fingerprint density at radius 1 is 0.923 bits per heavy atom. The lowest BCUT2D eigenvalue weighted by Crippen LogP contribution is -2.57. The molecule has 0 radical (unpaired) electrons. The van der Waals surface area contributed by atoms with Crippen LogP contribution in [0.25, 0.3) is 0 Å². The Balaban J connectivity index is 4.99. The van der Waals surface area contributed by atoms with Crippen molar-refractivity contribution < 1.29 is 29.4 Å². The number of nitrogens with two attached hydrogens (primary N) is 1. The van der Waals surface area contributed by atoms with Gasteiger partial charge in [-0.05, 0) is 18.3 Å². The largest absolute Gasteiger partial charge is 0.480 e. The summed E-state index contributed by atoms with van der Waals surface area (Å²) in [5.41, 5.74) is 5.70. The third-order valence-corrected chi connectivity index (χ3v) is 3.59. The number of hydrogen-bond acceptors (Lipinski definition) is 6. The lowest BCUT2D eigenvalue weighted by atomic mass is 10.0. The number of aliphatic hydroxyl groups excluding tert-OH is 1. The normalized spacial score (nSPS) is 14.5. The number of amides is 3. The maximum Gasteiger partial charge on any atom is 0.322 e. The number of carbonyl (C=O) groups is 4. The van der Waals surface area contributed by atoms with Gasteiger partial charge in [0.2, 0.25) is 17.7 Å². The van der Waals surface area contributed by atoms with E-state index in [1.807, 2.05) is 13.8 Å². The molecule has 3 unspecified atom stereocenters. The van der Waals surface area contributed by atoms with E-state index < -0.39 is 55.0 Å². The summed E-state index contributed by atoms with van der Waals surface area (Å²) < 4.78 is 0. The van der Waals surface area contributed by atoms with Crippen LogP contribution in [-0.2, 0) is 19.2 Å². The van der Waals surface area contributed by atoms with E-state index >= 15 is 0 Å². The second kappa shape index (κ2) is 11.4. The first-order chi connectivity index (χ1) is 12.0.